The highest BCUT2D eigenvalue weighted by molar-refractivity contribution is 6.92. The predicted octanol–water partition coefficient (Wildman–Crippen LogP) is 4.74. The fourth-order valence-electron chi connectivity index (χ4n) is 2.12. The van der Waals surface area contributed by atoms with Crippen LogP contribution in [0.25, 0.3) is 0 Å². The summed E-state index contributed by atoms with van der Waals surface area (Å²) in [6.07, 6.45) is 18.0. The van der Waals surface area contributed by atoms with Crippen molar-refractivity contribution in [3.63, 3.8) is 0 Å². The lowest BCUT2D eigenvalue weighted by molar-refractivity contribution is 0.504. The molecule has 0 spiro atoms. The van der Waals surface area contributed by atoms with Crippen LogP contribution in [0.15, 0.2) is 0 Å². The van der Waals surface area contributed by atoms with Crippen molar-refractivity contribution < 1.29 is 0 Å². The summed E-state index contributed by atoms with van der Waals surface area (Å²) >= 11 is 0. The second-order valence-electron chi connectivity index (χ2n) is 4.24. The third kappa shape index (κ3) is 8.75. The van der Waals surface area contributed by atoms with Crippen LogP contribution in [-0.2, 0) is 0 Å². The molecule has 1 saturated carbocycles. The molecule has 1 rings (SSSR count). The van der Waals surface area contributed by atoms with Crippen LogP contribution < -0.4 is 0 Å². The van der Waals surface area contributed by atoms with E-state index in [0.29, 0.717) is 0 Å². The summed E-state index contributed by atoms with van der Waals surface area (Å²) in [5, 5.41) is 0. The first-order chi connectivity index (χ1) is 6.00. The molecule has 0 aromatic heterocycles. The van der Waals surface area contributed by atoms with Crippen LogP contribution in [0.3, 0.4) is 0 Å². The standard InChI is InChI=1S/C12H24.H3P/c1-2-4-6-8-10-12-11-9-7-5-3-1;/h1-12H2;1H3. The third-order valence-electron chi connectivity index (χ3n) is 3.00. The van der Waals surface area contributed by atoms with E-state index in [9.17, 15) is 0 Å². The zero-order valence-electron chi connectivity index (χ0n) is 9.19. The molecule has 0 aromatic rings. The first kappa shape index (κ1) is 13.4. The molecule has 0 aliphatic heterocycles. The molecule has 0 saturated heterocycles. The molecule has 0 heterocycles. The lowest BCUT2D eigenvalue weighted by Crippen LogP contribution is -1.85. The van der Waals surface area contributed by atoms with Crippen molar-refractivity contribution in [1.82, 2.24) is 0 Å². The largest absolute Gasteiger partial charge is 0.153 e. The summed E-state index contributed by atoms with van der Waals surface area (Å²) < 4.78 is 0. The summed E-state index contributed by atoms with van der Waals surface area (Å²) in [5.74, 6) is 0. The van der Waals surface area contributed by atoms with Crippen molar-refractivity contribution in [2.45, 2.75) is 77.0 Å². The maximum atomic E-state index is 1.50. The molecular formula is C12H27P. The second kappa shape index (κ2) is 10.5. The average Bonchev–Trinajstić information content (AvgIpc) is 2.05. The molecule has 0 radical (unpaired) electrons. The van der Waals surface area contributed by atoms with Gasteiger partial charge in [0.15, 0.2) is 0 Å². The van der Waals surface area contributed by atoms with Gasteiger partial charge >= 0.3 is 0 Å². The molecular weight excluding hydrogens is 175 g/mol. The molecule has 1 aliphatic carbocycles. The van der Waals surface area contributed by atoms with Gasteiger partial charge in [-0.2, -0.15) is 9.90 Å². The van der Waals surface area contributed by atoms with E-state index in [1.807, 2.05) is 0 Å². The Kier molecular flexibility index (Phi) is 10.9. The zero-order chi connectivity index (χ0) is 8.49. The molecule has 1 fully saturated rings. The zero-order valence-corrected chi connectivity index (χ0v) is 10.6. The number of hydrogen-bond acceptors (Lipinski definition) is 0. The minimum Gasteiger partial charge on any atom is -0.153 e. The molecule has 13 heavy (non-hydrogen) atoms. The van der Waals surface area contributed by atoms with Crippen LogP contribution in [0.2, 0.25) is 0 Å². The summed E-state index contributed by atoms with van der Waals surface area (Å²) in [6, 6.07) is 0. The molecule has 0 amide bonds. The van der Waals surface area contributed by atoms with E-state index >= 15 is 0 Å². The molecule has 0 aromatic carbocycles. The van der Waals surface area contributed by atoms with Crippen LogP contribution in [0.1, 0.15) is 77.0 Å². The van der Waals surface area contributed by atoms with Crippen LogP contribution in [0.5, 0.6) is 0 Å². The fraction of sp³-hybridized carbons (Fsp3) is 1.00. The van der Waals surface area contributed by atoms with Gasteiger partial charge in [0.25, 0.3) is 0 Å². The summed E-state index contributed by atoms with van der Waals surface area (Å²) in [7, 11) is 0. The summed E-state index contributed by atoms with van der Waals surface area (Å²) in [4.78, 5) is 0. The molecule has 1 aliphatic rings. The van der Waals surface area contributed by atoms with Gasteiger partial charge < -0.3 is 0 Å². The predicted molar refractivity (Wildman–Crippen MR) is 66.5 cm³/mol. The van der Waals surface area contributed by atoms with Crippen LogP contribution in [0.4, 0.5) is 0 Å². The van der Waals surface area contributed by atoms with Crippen LogP contribution >= 0.6 is 9.90 Å². The Morgan fingerprint density at radius 3 is 0.385 bits per heavy atom. The first-order valence-electron chi connectivity index (χ1n) is 6.00. The lowest BCUT2D eigenvalue weighted by Gasteiger charge is -2.05. The van der Waals surface area contributed by atoms with Crippen molar-refractivity contribution >= 4 is 9.90 Å². The molecule has 0 N–H and O–H groups in total. The van der Waals surface area contributed by atoms with Gasteiger partial charge in [-0.15, -0.1) is 0 Å². The number of rotatable bonds is 0. The Hall–Kier alpha value is 0.430. The van der Waals surface area contributed by atoms with Crippen LogP contribution in [-0.4, -0.2) is 0 Å². The van der Waals surface area contributed by atoms with Gasteiger partial charge in [-0.3, -0.25) is 0 Å². The Labute approximate surface area is 87.5 Å². The van der Waals surface area contributed by atoms with E-state index in [-0.39, 0.29) is 9.90 Å². The summed E-state index contributed by atoms with van der Waals surface area (Å²) in [5.41, 5.74) is 0. The third-order valence-corrected chi connectivity index (χ3v) is 3.00. The second-order valence-corrected chi connectivity index (χ2v) is 4.24. The van der Waals surface area contributed by atoms with Gasteiger partial charge in [-0.05, 0) is 0 Å². The van der Waals surface area contributed by atoms with Crippen molar-refractivity contribution in [3.8, 4) is 0 Å². The SMILES string of the molecule is C1CCCCCCCCCCC1.P. The molecule has 0 nitrogen and oxygen atoms in total. The first-order valence-corrected chi connectivity index (χ1v) is 6.00. The van der Waals surface area contributed by atoms with E-state index in [0.717, 1.165) is 0 Å². The minimum absolute atomic E-state index is 0. The Bertz CT molecular complexity index is 48.1. The normalized spacial score (nSPS) is 22.2. The smallest absolute Gasteiger partial charge is 0.0533 e. The highest BCUT2D eigenvalue weighted by atomic mass is 31.0. The lowest BCUT2D eigenvalue weighted by atomic mass is 10.0. The maximum absolute atomic E-state index is 1.50. The minimum atomic E-state index is 0. The molecule has 1 atom stereocenters. The van der Waals surface area contributed by atoms with Crippen molar-refractivity contribution in [1.29, 1.82) is 0 Å². The highest BCUT2D eigenvalue weighted by Crippen LogP contribution is 2.15. The monoisotopic (exact) mass is 202 g/mol. The average molecular weight is 202 g/mol. The Morgan fingerprint density at radius 1 is 0.231 bits per heavy atom. The molecule has 1 unspecified atom stereocenters. The van der Waals surface area contributed by atoms with Crippen molar-refractivity contribution in [3.05, 3.63) is 0 Å². The molecule has 80 valence electrons. The maximum Gasteiger partial charge on any atom is -0.0533 e. The van der Waals surface area contributed by atoms with Crippen molar-refractivity contribution in [2.75, 3.05) is 0 Å². The van der Waals surface area contributed by atoms with Gasteiger partial charge in [0.2, 0.25) is 0 Å². The van der Waals surface area contributed by atoms with Crippen LogP contribution in [0, 0.1) is 0 Å². The Balaban J connectivity index is 0.00000144. The van der Waals surface area contributed by atoms with E-state index < -0.39 is 0 Å². The molecule has 1 heteroatoms. The van der Waals surface area contributed by atoms with Gasteiger partial charge in [0.1, 0.15) is 0 Å². The van der Waals surface area contributed by atoms with E-state index in [4.69, 9.17) is 0 Å². The number of hydrogen-bond donors (Lipinski definition) is 0. The highest BCUT2D eigenvalue weighted by Gasteiger charge is 1.96. The van der Waals surface area contributed by atoms with Gasteiger partial charge in [0, 0.05) is 0 Å². The van der Waals surface area contributed by atoms with Gasteiger partial charge in [-0.1, -0.05) is 77.0 Å². The molecule has 0 bridgehead atoms. The topological polar surface area (TPSA) is 0 Å². The van der Waals surface area contributed by atoms with Gasteiger partial charge in [-0.25, -0.2) is 0 Å². The van der Waals surface area contributed by atoms with Gasteiger partial charge in [0.05, 0.1) is 0 Å². The summed E-state index contributed by atoms with van der Waals surface area (Å²) in [6.45, 7) is 0. The Morgan fingerprint density at radius 2 is 0.308 bits per heavy atom. The van der Waals surface area contributed by atoms with E-state index in [1.165, 1.54) is 77.0 Å². The fourth-order valence-corrected chi connectivity index (χ4v) is 2.12. The van der Waals surface area contributed by atoms with Crippen molar-refractivity contribution in [2.24, 2.45) is 0 Å². The quantitative estimate of drug-likeness (QED) is 0.498. The van der Waals surface area contributed by atoms with E-state index in [1.54, 1.807) is 0 Å². The van der Waals surface area contributed by atoms with E-state index in [2.05, 4.69) is 0 Å².